The minimum atomic E-state index is -0.482. The molecule has 0 spiro atoms. The summed E-state index contributed by atoms with van der Waals surface area (Å²) < 4.78 is 29.5. The summed E-state index contributed by atoms with van der Waals surface area (Å²) in [5.41, 5.74) is 0.159. The molecule has 1 fully saturated rings. The predicted octanol–water partition coefficient (Wildman–Crippen LogP) is 3.73. The van der Waals surface area contributed by atoms with Crippen molar-refractivity contribution in [3.05, 3.63) is 53.6 Å². The van der Waals surface area contributed by atoms with Crippen molar-refractivity contribution in [2.45, 2.75) is 45.6 Å². The van der Waals surface area contributed by atoms with Crippen LogP contribution in [0.4, 0.5) is 8.78 Å². The number of hydrogen-bond donors (Lipinski definition) is 0. The van der Waals surface area contributed by atoms with Crippen molar-refractivity contribution in [2.75, 3.05) is 13.1 Å². The van der Waals surface area contributed by atoms with E-state index in [0.717, 1.165) is 25.2 Å². The van der Waals surface area contributed by atoms with E-state index in [0.29, 0.717) is 38.3 Å². The molecule has 0 radical (unpaired) electrons. The minimum Gasteiger partial charge on any atom is -0.342 e. The molecule has 1 aliphatic rings. The van der Waals surface area contributed by atoms with Crippen molar-refractivity contribution in [3.63, 3.8) is 0 Å². The average Bonchev–Trinajstić information content (AvgIpc) is 3.04. The van der Waals surface area contributed by atoms with Crippen molar-refractivity contribution in [1.82, 2.24) is 14.5 Å². The lowest BCUT2D eigenvalue weighted by Crippen LogP contribution is -2.40. The highest BCUT2D eigenvalue weighted by Crippen LogP contribution is 2.24. The molecule has 0 unspecified atom stereocenters. The molecule has 0 aliphatic carbocycles. The van der Waals surface area contributed by atoms with E-state index in [4.69, 9.17) is 0 Å². The van der Waals surface area contributed by atoms with Crippen molar-refractivity contribution in [2.24, 2.45) is 5.92 Å². The predicted molar refractivity (Wildman–Crippen MR) is 95.6 cm³/mol. The summed E-state index contributed by atoms with van der Waals surface area (Å²) in [5, 5.41) is 0. The van der Waals surface area contributed by atoms with Crippen LogP contribution in [0.15, 0.2) is 30.6 Å². The summed E-state index contributed by atoms with van der Waals surface area (Å²) in [5.74, 6) is 0.372. The number of imidazole rings is 1. The molecule has 0 N–H and O–H groups in total. The summed E-state index contributed by atoms with van der Waals surface area (Å²) in [6.07, 6.45) is 7.08. The first-order chi connectivity index (χ1) is 12.5. The third-order valence-electron chi connectivity index (χ3n) is 5.23. The standard InChI is InChI=1S/C20H25F2N3O/c1-15-23-10-13-24(15)12-9-20(26)25-11-3-4-16(14-25)7-8-17-18(21)5-2-6-19(17)22/h2,5-6,10,13,16H,3-4,7-9,11-12,14H2,1H3/t16-/m1/s1. The normalized spacial score (nSPS) is 17.5. The van der Waals surface area contributed by atoms with E-state index in [1.165, 1.54) is 18.2 Å². The Hall–Kier alpha value is -2.24. The first-order valence-corrected chi connectivity index (χ1v) is 9.23. The molecule has 0 saturated carbocycles. The number of benzene rings is 1. The molecule has 0 bridgehead atoms. The van der Waals surface area contributed by atoms with Gasteiger partial charge in [-0.3, -0.25) is 4.79 Å². The second-order valence-corrected chi connectivity index (χ2v) is 7.00. The zero-order chi connectivity index (χ0) is 18.5. The van der Waals surface area contributed by atoms with Crippen molar-refractivity contribution in [1.29, 1.82) is 0 Å². The highest BCUT2D eigenvalue weighted by Gasteiger charge is 2.24. The van der Waals surface area contributed by atoms with E-state index < -0.39 is 11.6 Å². The monoisotopic (exact) mass is 361 g/mol. The first kappa shape index (κ1) is 18.5. The lowest BCUT2D eigenvalue weighted by atomic mass is 9.91. The molecule has 1 aliphatic heterocycles. The summed E-state index contributed by atoms with van der Waals surface area (Å²) in [4.78, 5) is 18.6. The number of carbonyl (C=O) groups is 1. The van der Waals surface area contributed by atoms with E-state index in [2.05, 4.69) is 4.98 Å². The Morgan fingerprint density at radius 3 is 2.77 bits per heavy atom. The number of rotatable bonds is 6. The Bertz CT molecular complexity index is 739. The van der Waals surface area contributed by atoms with Gasteiger partial charge in [-0.15, -0.1) is 0 Å². The highest BCUT2D eigenvalue weighted by molar-refractivity contribution is 5.76. The molecule has 1 aromatic heterocycles. The molecule has 2 aromatic rings. The van der Waals surface area contributed by atoms with Gasteiger partial charge < -0.3 is 9.47 Å². The van der Waals surface area contributed by atoms with E-state index in [-0.39, 0.29) is 11.5 Å². The quantitative estimate of drug-likeness (QED) is 0.786. The Morgan fingerprint density at radius 1 is 1.31 bits per heavy atom. The highest BCUT2D eigenvalue weighted by atomic mass is 19.1. The molecule has 2 heterocycles. The summed E-state index contributed by atoms with van der Waals surface area (Å²) in [6.45, 7) is 4.00. The van der Waals surface area contributed by atoms with E-state index in [1.807, 2.05) is 22.6 Å². The molecule has 4 nitrogen and oxygen atoms in total. The summed E-state index contributed by atoms with van der Waals surface area (Å²) >= 11 is 0. The van der Waals surface area contributed by atoms with Crippen LogP contribution in [-0.4, -0.2) is 33.4 Å². The fourth-order valence-corrected chi connectivity index (χ4v) is 3.66. The fraction of sp³-hybridized carbons (Fsp3) is 0.500. The van der Waals surface area contributed by atoms with E-state index in [1.54, 1.807) is 6.20 Å². The molecular formula is C20H25F2N3O. The summed E-state index contributed by atoms with van der Waals surface area (Å²) in [7, 11) is 0. The molecular weight excluding hydrogens is 336 g/mol. The van der Waals surface area contributed by atoms with Gasteiger partial charge in [-0.1, -0.05) is 6.07 Å². The van der Waals surface area contributed by atoms with Gasteiger partial charge in [0.15, 0.2) is 0 Å². The molecule has 1 amide bonds. The number of likely N-dealkylation sites (tertiary alicyclic amines) is 1. The van der Waals surface area contributed by atoms with E-state index in [9.17, 15) is 13.6 Å². The Labute approximate surface area is 152 Å². The molecule has 1 aromatic carbocycles. The zero-order valence-electron chi connectivity index (χ0n) is 15.1. The molecule has 1 atom stereocenters. The Kier molecular flexibility index (Phi) is 6.01. The van der Waals surface area contributed by atoms with Gasteiger partial charge in [0.25, 0.3) is 0 Å². The number of amides is 1. The smallest absolute Gasteiger partial charge is 0.224 e. The van der Waals surface area contributed by atoms with Crippen LogP contribution in [0.1, 0.15) is 37.1 Å². The number of hydrogen-bond acceptors (Lipinski definition) is 2. The summed E-state index contributed by atoms with van der Waals surface area (Å²) in [6, 6.07) is 3.98. The minimum absolute atomic E-state index is 0.139. The van der Waals surface area contributed by atoms with Crippen LogP contribution < -0.4 is 0 Å². The maximum atomic E-state index is 13.8. The molecule has 26 heavy (non-hydrogen) atoms. The SMILES string of the molecule is Cc1nccn1CCC(=O)N1CCC[C@H](CCc2c(F)cccc2F)C1. The van der Waals surface area contributed by atoms with Crippen LogP contribution in [-0.2, 0) is 17.8 Å². The van der Waals surface area contributed by atoms with Crippen molar-refractivity contribution < 1.29 is 13.6 Å². The van der Waals surface area contributed by atoms with Crippen LogP contribution in [0.3, 0.4) is 0 Å². The van der Waals surface area contributed by atoms with Gasteiger partial charge in [0.2, 0.25) is 5.91 Å². The van der Waals surface area contributed by atoms with Crippen LogP contribution in [0.5, 0.6) is 0 Å². The maximum Gasteiger partial charge on any atom is 0.224 e. The van der Waals surface area contributed by atoms with Gasteiger partial charge >= 0.3 is 0 Å². The Morgan fingerprint density at radius 2 is 2.08 bits per heavy atom. The van der Waals surface area contributed by atoms with Crippen molar-refractivity contribution >= 4 is 5.91 Å². The third kappa shape index (κ3) is 4.48. The lowest BCUT2D eigenvalue weighted by molar-refractivity contribution is -0.133. The lowest BCUT2D eigenvalue weighted by Gasteiger charge is -2.33. The number of aromatic nitrogens is 2. The van der Waals surface area contributed by atoms with Gasteiger partial charge in [-0.25, -0.2) is 13.8 Å². The average molecular weight is 361 g/mol. The zero-order valence-corrected chi connectivity index (χ0v) is 15.1. The van der Waals surface area contributed by atoms with Gasteiger partial charge in [0.05, 0.1) is 0 Å². The number of nitrogens with zero attached hydrogens (tertiary/aromatic N) is 3. The molecule has 1 saturated heterocycles. The maximum absolute atomic E-state index is 13.8. The largest absolute Gasteiger partial charge is 0.342 e. The number of aryl methyl sites for hydroxylation is 2. The Balaban J connectivity index is 1.50. The molecule has 3 rings (SSSR count). The first-order valence-electron chi connectivity index (χ1n) is 9.23. The fourth-order valence-electron chi connectivity index (χ4n) is 3.66. The second-order valence-electron chi connectivity index (χ2n) is 7.00. The van der Waals surface area contributed by atoms with Gasteiger partial charge in [-0.05, 0) is 50.7 Å². The number of piperidine rings is 1. The number of halogens is 2. The topological polar surface area (TPSA) is 38.1 Å². The van der Waals surface area contributed by atoms with Gasteiger partial charge in [-0.2, -0.15) is 0 Å². The van der Waals surface area contributed by atoms with E-state index >= 15 is 0 Å². The van der Waals surface area contributed by atoms with Gasteiger partial charge in [0, 0.05) is 44.0 Å². The van der Waals surface area contributed by atoms with Crippen LogP contribution in [0.25, 0.3) is 0 Å². The molecule has 6 heteroatoms. The second kappa shape index (κ2) is 8.43. The molecule has 140 valence electrons. The number of carbonyl (C=O) groups excluding carboxylic acids is 1. The van der Waals surface area contributed by atoms with Crippen LogP contribution in [0, 0.1) is 24.5 Å². The van der Waals surface area contributed by atoms with Crippen molar-refractivity contribution in [3.8, 4) is 0 Å². The van der Waals surface area contributed by atoms with Gasteiger partial charge in [0.1, 0.15) is 17.5 Å². The van der Waals surface area contributed by atoms with Crippen LogP contribution >= 0.6 is 0 Å². The van der Waals surface area contributed by atoms with Crippen LogP contribution in [0.2, 0.25) is 0 Å². The third-order valence-corrected chi connectivity index (χ3v) is 5.23.